The summed E-state index contributed by atoms with van der Waals surface area (Å²) in [4.78, 5) is 0. The van der Waals surface area contributed by atoms with Crippen molar-refractivity contribution in [3.8, 4) is 0 Å². The molecular formula is C10H21F. The smallest absolute Gasteiger partial charge is 0.111 e. The third-order valence-electron chi connectivity index (χ3n) is 2.11. The standard InChI is InChI=1S/C10H21F/c1-5-7-10(11,6-2)8-9(3)4/h9H,5-8H2,1-4H3. The van der Waals surface area contributed by atoms with Crippen LogP contribution in [0.15, 0.2) is 0 Å². The summed E-state index contributed by atoms with van der Waals surface area (Å²) in [5.74, 6) is 0.478. The van der Waals surface area contributed by atoms with Crippen molar-refractivity contribution in [3.63, 3.8) is 0 Å². The van der Waals surface area contributed by atoms with Crippen molar-refractivity contribution in [2.75, 3.05) is 0 Å². The lowest BCUT2D eigenvalue weighted by atomic mass is 9.88. The van der Waals surface area contributed by atoms with Gasteiger partial charge in [0.1, 0.15) is 5.67 Å². The van der Waals surface area contributed by atoms with Crippen LogP contribution < -0.4 is 0 Å². The number of hydrogen-bond acceptors (Lipinski definition) is 0. The van der Waals surface area contributed by atoms with Crippen LogP contribution in [0, 0.1) is 5.92 Å². The van der Waals surface area contributed by atoms with E-state index in [1.807, 2.05) is 13.8 Å². The molecule has 0 saturated carbocycles. The lowest BCUT2D eigenvalue weighted by Crippen LogP contribution is -2.23. The number of hydrogen-bond donors (Lipinski definition) is 0. The van der Waals surface area contributed by atoms with Gasteiger partial charge in [-0.2, -0.15) is 0 Å². The van der Waals surface area contributed by atoms with Crippen LogP contribution in [0.4, 0.5) is 4.39 Å². The molecule has 0 heterocycles. The highest BCUT2D eigenvalue weighted by molar-refractivity contribution is 4.77. The van der Waals surface area contributed by atoms with Gasteiger partial charge in [0.25, 0.3) is 0 Å². The molecule has 0 aliphatic rings. The van der Waals surface area contributed by atoms with Gasteiger partial charge >= 0.3 is 0 Å². The van der Waals surface area contributed by atoms with E-state index in [0.29, 0.717) is 12.3 Å². The zero-order valence-corrected chi connectivity index (χ0v) is 8.28. The second-order valence-corrected chi connectivity index (χ2v) is 3.85. The van der Waals surface area contributed by atoms with Gasteiger partial charge < -0.3 is 0 Å². The van der Waals surface area contributed by atoms with Crippen molar-refractivity contribution in [3.05, 3.63) is 0 Å². The van der Waals surface area contributed by atoms with E-state index < -0.39 is 5.67 Å². The van der Waals surface area contributed by atoms with Gasteiger partial charge in [-0.3, -0.25) is 0 Å². The second-order valence-electron chi connectivity index (χ2n) is 3.85. The largest absolute Gasteiger partial charge is 0.244 e. The quantitative estimate of drug-likeness (QED) is 0.571. The first-order chi connectivity index (χ1) is 5.04. The molecule has 0 N–H and O–H groups in total. The Hall–Kier alpha value is -0.0700. The lowest BCUT2D eigenvalue weighted by molar-refractivity contribution is 0.112. The molecule has 0 bridgehead atoms. The maximum Gasteiger partial charge on any atom is 0.111 e. The Balaban J connectivity index is 3.87. The minimum absolute atomic E-state index is 0.478. The molecule has 0 aliphatic heterocycles. The molecule has 0 spiro atoms. The Labute approximate surface area is 70.2 Å². The lowest BCUT2D eigenvalue weighted by Gasteiger charge is -2.25. The highest BCUT2D eigenvalue weighted by atomic mass is 19.1. The molecule has 0 aromatic rings. The van der Waals surface area contributed by atoms with Gasteiger partial charge in [0, 0.05) is 0 Å². The topological polar surface area (TPSA) is 0 Å². The van der Waals surface area contributed by atoms with E-state index in [0.717, 1.165) is 19.3 Å². The molecule has 0 aliphatic carbocycles. The summed E-state index contributed by atoms with van der Waals surface area (Å²) in [7, 11) is 0. The first-order valence-corrected chi connectivity index (χ1v) is 4.73. The van der Waals surface area contributed by atoms with Crippen LogP contribution in [-0.4, -0.2) is 5.67 Å². The summed E-state index contributed by atoms with van der Waals surface area (Å²) in [5.41, 5.74) is -0.886. The summed E-state index contributed by atoms with van der Waals surface area (Å²) in [6.07, 6.45) is 3.06. The highest BCUT2D eigenvalue weighted by Crippen LogP contribution is 2.29. The molecule has 0 saturated heterocycles. The average molecular weight is 160 g/mol. The van der Waals surface area contributed by atoms with E-state index >= 15 is 0 Å². The predicted molar refractivity (Wildman–Crippen MR) is 48.5 cm³/mol. The fraction of sp³-hybridized carbons (Fsp3) is 1.00. The van der Waals surface area contributed by atoms with Crippen LogP contribution in [0.3, 0.4) is 0 Å². The van der Waals surface area contributed by atoms with Gasteiger partial charge in [-0.05, 0) is 25.2 Å². The molecule has 1 atom stereocenters. The van der Waals surface area contributed by atoms with Gasteiger partial charge in [0.15, 0.2) is 0 Å². The molecule has 68 valence electrons. The van der Waals surface area contributed by atoms with Crippen LogP contribution in [-0.2, 0) is 0 Å². The van der Waals surface area contributed by atoms with Crippen molar-refractivity contribution < 1.29 is 4.39 Å². The molecule has 11 heavy (non-hydrogen) atoms. The fourth-order valence-electron chi connectivity index (χ4n) is 1.60. The van der Waals surface area contributed by atoms with Crippen molar-refractivity contribution >= 4 is 0 Å². The second kappa shape index (κ2) is 4.74. The molecule has 0 fully saturated rings. The first kappa shape index (κ1) is 10.9. The number of rotatable bonds is 5. The monoisotopic (exact) mass is 160 g/mol. The molecule has 0 amide bonds. The van der Waals surface area contributed by atoms with Crippen LogP contribution >= 0.6 is 0 Å². The van der Waals surface area contributed by atoms with E-state index in [-0.39, 0.29) is 0 Å². The Morgan fingerprint density at radius 1 is 1.27 bits per heavy atom. The maximum atomic E-state index is 13.8. The first-order valence-electron chi connectivity index (χ1n) is 4.73. The van der Waals surface area contributed by atoms with E-state index in [9.17, 15) is 4.39 Å². The summed E-state index contributed by atoms with van der Waals surface area (Å²) < 4.78 is 13.8. The Kier molecular flexibility index (Phi) is 4.71. The van der Waals surface area contributed by atoms with Crippen molar-refractivity contribution in [1.82, 2.24) is 0 Å². The van der Waals surface area contributed by atoms with Gasteiger partial charge in [-0.15, -0.1) is 0 Å². The summed E-state index contributed by atoms with van der Waals surface area (Å²) in [5, 5.41) is 0. The third-order valence-corrected chi connectivity index (χ3v) is 2.11. The minimum atomic E-state index is -0.886. The predicted octanol–water partition coefficient (Wildman–Crippen LogP) is 3.95. The van der Waals surface area contributed by atoms with Crippen molar-refractivity contribution in [1.29, 1.82) is 0 Å². The molecule has 1 heteroatoms. The molecular weight excluding hydrogens is 139 g/mol. The van der Waals surface area contributed by atoms with Crippen LogP contribution in [0.2, 0.25) is 0 Å². The summed E-state index contributed by atoms with van der Waals surface area (Å²) in [6, 6.07) is 0. The molecule has 0 radical (unpaired) electrons. The molecule has 0 rings (SSSR count). The van der Waals surface area contributed by atoms with Crippen LogP contribution in [0.1, 0.15) is 53.4 Å². The van der Waals surface area contributed by atoms with Crippen molar-refractivity contribution in [2.45, 2.75) is 59.0 Å². The van der Waals surface area contributed by atoms with Gasteiger partial charge in [-0.25, -0.2) is 4.39 Å². The van der Waals surface area contributed by atoms with Crippen molar-refractivity contribution in [2.24, 2.45) is 5.92 Å². The van der Waals surface area contributed by atoms with E-state index in [2.05, 4.69) is 13.8 Å². The van der Waals surface area contributed by atoms with Gasteiger partial charge in [-0.1, -0.05) is 34.1 Å². The van der Waals surface area contributed by atoms with E-state index in [1.54, 1.807) is 0 Å². The van der Waals surface area contributed by atoms with Crippen LogP contribution in [0.5, 0.6) is 0 Å². The fourth-order valence-corrected chi connectivity index (χ4v) is 1.60. The van der Waals surface area contributed by atoms with Crippen LogP contribution in [0.25, 0.3) is 0 Å². The Morgan fingerprint density at radius 2 is 1.82 bits per heavy atom. The Bertz CT molecular complexity index is 99.0. The van der Waals surface area contributed by atoms with E-state index in [1.165, 1.54) is 0 Å². The minimum Gasteiger partial charge on any atom is -0.244 e. The molecule has 0 aromatic carbocycles. The molecule has 0 nitrogen and oxygen atoms in total. The van der Waals surface area contributed by atoms with Gasteiger partial charge in [0.2, 0.25) is 0 Å². The highest BCUT2D eigenvalue weighted by Gasteiger charge is 2.26. The van der Waals surface area contributed by atoms with Gasteiger partial charge in [0.05, 0.1) is 0 Å². The Morgan fingerprint density at radius 3 is 2.09 bits per heavy atom. The average Bonchev–Trinajstić information content (AvgIpc) is 1.87. The number of halogens is 1. The normalized spacial score (nSPS) is 16.9. The zero-order chi connectivity index (χ0) is 8.91. The summed E-state index contributed by atoms with van der Waals surface area (Å²) >= 11 is 0. The third kappa shape index (κ3) is 4.39. The van der Waals surface area contributed by atoms with E-state index in [4.69, 9.17) is 0 Å². The summed E-state index contributed by atoms with van der Waals surface area (Å²) in [6.45, 7) is 8.15. The SMILES string of the molecule is CCCC(F)(CC)CC(C)C. The molecule has 0 aromatic heterocycles. The maximum absolute atomic E-state index is 13.8. The molecule has 1 unspecified atom stereocenters. The zero-order valence-electron chi connectivity index (χ0n) is 8.28. The number of alkyl halides is 1.